The third kappa shape index (κ3) is 31.3. The Bertz CT molecular complexity index is 6130. The van der Waals surface area contributed by atoms with Crippen LogP contribution in [0.5, 0.6) is 23.0 Å². The number of benzene rings is 6. The summed E-state index contributed by atoms with van der Waals surface area (Å²) in [5.74, 6) is -0.816. The molecule has 0 bridgehead atoms. The molecule has 0 unspecified atom stereocenters. The molecule has 6 amide bonds. The van der Waals surface area contributed by atoms with Gasteiger partial charge in [0, 0.05) is 96.9 Å². The summed E-state index contributed by atoms with van der Waals surface area (Å²) < 4.78 is 60.2. The Hall–Kier alpha value is -14.6. The van der Waals surface area contributed by atoms with Gasteiger partial charge in [0.05, 0.1) is 44.5 Å². The van der Waals surface area contributed by atoms with Gasteiger partial charge in [-0.15, -0.1) is 0 Å². The van der Waals surface area contributed by atoms with Gasteiger partial charge in [-0.05, 0) is 154 Å². The van der Waals surface area contributed by atoms with Crippen molar-refractivity contribution in [1.82, 2.24) is 31.9 Å². The van der Waals surface area contributed by atoms with Crippen LogP contribution in [0.3, 0.4) is 0 Å². The Morgan fingerprint density at radius 3 is 1.01 bits per heavy atom. The summed E-state index contributed by atoms with van der Waals surface area (Å²) in [6.07, 6.45) is 23.5. The van der Waals surface area contributed by atoms with E-state index in [2.05, 4.69) is 51.6 Å². The van der Waals surface area contributed by atoms with Crippen molar-refractivity contribution in [1.29, 1.82) is 0 Å². The average molecular weight is 1810 g/mol. The molecule has 30 nitrogen and oxygen atoms in total. The summed E-state index contributed by atoms with van der Waals surface area (Å²) in [6.45, 7) is 19.8. The fourth-order valence-electron chi connectivity index (χ4n) is 13.9. The molecule has 0 aliphatic heterocycles. The first kappa shape index (κ1) is 102. The molecule has 0 aliphatic rings. The molecule has 0 saturated heterocycles. The van der Waals surface area contributed by atoms with Gasteiger partial charge in [-0.25, -0.2) is 22.5 Å². The van der Waals surface area contributed by atoms with Crippen molar-refractivity contribution < 1.29 is 124 Å². The van der Waals surface area contributed by atoms with E-state index in [0.717, 1.165) is 45.0 Å². The van der Waals surface area contributed by atoms with Gasteiger partial charge in [-0.1, -0.05) is 86.5 Å². The first-order valence-corrected chi connectivity index (χ1v) is 42.5. The molecule has 0 atom stereocenters. The van der Waals surface area contributed by atoms with Gasteiger partial charge in [0.25, 0.3) is 17.7 Å². The minimum Gasteiger partial charge on any atom is -0.537 e. The molecule has 38 heteroatoms. The summed E-state index contributed by atoms with van der Waals surface area (Å²) in [5, 5.41) is 92.8. The summed E-state index contributed by atoms with van der Waals surface area (Å²) in [6, 6.07) is 53.4. The number of nitrogens with zero attached hydrogens (tertiary/aromatic N) is 6. The van der Waals surface area contributed by atoms with E-state index in [1.807, 2.05) is 159 Å². The second-order valence-electron chi connectivity index (χ2n) is 30.9. The summed E-state index contributed by atoms with van der Waals surface area (Å²) in [5.41, 5.74) is 11.7. The minimum absolute atomic E-state index is 0.0792. The molecule has 680 valence electrons. The molecule has 4 radical (unpaired) electrons. The normalized spacial score (nSPS) is 10.5. The van der Waals surface area contributed by atoms with Crippen LogP contribution in [0.2, 0.25) is 0 Å². The topological polar surface area (TPSA) is 397 Å². The molecule has 0 fully saturated rings. The van der Waals surface area contributed by atoms with E-state index in [-0.39, 0.29) is 66.3 Å². The van der Waals surface area contributed by atoms with Crippen LogP contribution in [0.1, 0.15) is 104 Å². The number of para-hydroxylation sites is 3. The molecule has 12 aromatic rings. The van der Waals surface area contributed by atoms with Crippen LogP contribution in [-0.4, -0.2) is 160 Å². The lowest BCUT2D eigenvalue weighted by atomic mass is 9.77. The van der Waals surface area contributed by atoms with Crippen molar-refractivity contribution >= 4 is 91.3 Å². The van der Waals surface area contributed by atoms with Crippen LogP contribution in [-0.2, 0) is 53.7 Å². The predicted octanol–water partition coefficient (Wildman–Crippen LogP) is 2.77. The number of carbonyl (C=O) groups is 6. The fourth-order valence-corrected chi connectivity index (χ4v) is 13.9. The zero-order valence-corrected chi connectivity index (χ0v) is 74.1. The van der Waals surface area contributed by atoms with Crippen LogP contribution in [0, 0.1) is 11.6 Å². The molecular formula is C96H102B6F2N12O18+6. The molecule has 6 aromatic heterocycles. The van der Waals surface area contributed by atoms with Crippen LogP contribution in [0.15, 0.2) is 299 Å². The lowest BCUT2D eigenvalue weighted by molar-refractivity contribution is -0.689. The Labute approximate surface area is 778 Å². The molecule has 6 aromatic carbocycles. The standard InChI is InChI=1S/C32H31B2F2N4O6.C32H33B2N4O6.C32H32B2N4O6/c1-21(2)31(41)37-10-4-11-38-32(42)26-13-23(17-40(20-26)19-25-15-28(36)7-9-30(25)46-33-43)22-5-3-12-39(16-22)18-24-14-27(35)6-8-29(24)34(44)45;1-23(2)31(39)35-14-8-15-36-32(40)28-17-27(21-38(22-28)19-25-9-3-5-12-29(25)34(42)43)24-11-7-16-37(18-24)20-26-10-4-6-13-30(26)44-33-41;1-23(2)31(39)35-14-7-15-36-32(40)28-18-27(21-38(22-28)20-26-9-4-6-11-30(26)44-34-42)24-12-16-37(17-13-24)19-25-8-3-5-10-29(25)43-33-41/h3,5-9,12-17,20,43-45H,1,4,10-11,18-19H2,2H3;3-7,9-13,16-18,21-22,41-43H,1,8,14-15,19-20H2,2H3;3-6,8-13,16-18,21-22,41-42H,1,7,14-15,19-20H2,2H3/p+6. The smallest absolute Gasteiger partial charge is 0.537 e. The van der Waals surface area contributed by atoms with Crippen molar-refractivity contribution in [3.05, 3.63) is 361 Å². The zero-order valence-electron chi connectivity index (χ0n) is 74.1. The van der Waals surface area contributed by atoms with Crippen molar-refractivity contribution in [2.24, 2.45) is 0 Å². The quantitative estimate of drug-likeness (QED) is 0.0113. The maximum absolute atomic E-state index is 14.2. The van der Waals surface area contributed by atoms with Crippen molar-refractivity contribution in [2.75, 3.05) is 39.3 Å². The van der Waals surface area contributed by atoms with Crippen molar-refractivity contribution in [2.45, 2.75) is 79.3 Å². The van der Waals surface area contributed by atoms with Crippen LogP contribution >= 0.6 is 0 Å². The van der Waals surface area contributed by atoms with Crippen LogP contribution in [0.25, 0.3) is 33.4 Å². The Morgan fingerprint density at radius 2 is 0.619 bits per heavy atom. The molecular weight excluding hydrogens is 1710 g/mol. The van der Waals surface area contributed by atoms with Crippen molar-refractivity contribution in [3.63, 3.8) is 0 Å². The van der Waals surface area contributed by atoms with E-state index in [4.69, 9.17) is 28.7 Å². The molecule has 0 aliphatic carbocycles. The van der Waals surface area contributed by atoms with Crippen LogP contribution < -0.4 is 88.8 Å². The Kier molecular flexibility index (Phi) is 39.3. The number of pyridine rings is 6. The van der Waals surface area contributed by atoms with E-state index in [1.165, 1.54) is 30.3 Å². The van der Waals surface area contributed by atoms with Gasteiger partial charge in [-0.3, -0.25) is 28.8 Å². The van der Waals surface area contributed by atoms with Crippen molar-refractivity contribution in [3.8, 4) is 56.4 Å². The maximum Gasteiger partial charge on any atom is 0.569 e. The first-order chi connectivity index (χ1) is 64.6. The number of carbonyl (C=O) groups excluding carboxylic acids is 6. The third-order valence-electron chi connectivity index (χ3n) is 20.6. The van der Waals surface area contributed by atoms with Crippen LogP contribution in [0.4, 0.5) is 8.78 Å². The summed E-state index contributed by atoms with van der Waals surface area (Å²) in [4.78, 5) is 74.9. The number of hydrogen-bond acceptors (Lipinski definition) is 18. The Morgan fingerprint density at radius 1 is 0.313 bits per heavy atom. The van der Waals surface area contributed by atoms with Gasteiger partial charge in [-0.2, -0.15) is 13.7 Å². The zero-order chi connectivity index (χ0) is 96.0. The number of nitrogens with one attached hydrogen (secondary N) is 6. The highest BCUT2D eigenvalue weighted by Gasteiger charge is 2.27. The van der Waals surface area contributed by atoms with E-state index in [0.29, 0.717) is 193 Å². The Balaban J connectivity index is 0.000000208. The molecule has 12 rings (SSSR count). The van der Waals surface area contributed by atoms with Gasteiger partial charge < -0.3 is 90.7 Å². The van der Waals surface area contributed by atoms with Gasteiger partial charge in [0.2, 0.25) is 17.7 Å². The number of rotatable bonds is 43. The lowest BCUT2D eigenvalue weighted by Crippen LogP contribution is -2.41. The maximum atomic E-state index is 14.2. The van der Waals surface area contributed by atoms with E-state index in [1.54, 1.807) is 116 Å². The second kappa shape index (κ2) is 51.8. The third-order valence-corrected chi connectivity index (χ3v) is 20.6. The monoisotopic (exact) mass is 1810 g/mol. The SMILES string of the molecule is C=C(C)C(=O)NCCCNC(=O)c1cc(-c2cc[n+](Cc3ccccc3O[B]O)cc2)c[n+](Cc2ccccc2O[B]O)c1.C=C(C)C(=O)NCCCNC(=O)c1cc(-c2ccc[n+](Cc3cc(F)ccc3B(O)O)c2)c[n+](Cc2cc(F)ccc2O[B]O)c1.C=C(C)C(=O)NCCCNC(=O)c1cc(-c2ccc[n+](Cc3ccccc3O[B]O)c2)c[n+](Cc2ccccc2B(O)O)c1. The first-order valence-electron chi connectivity index (χ1n) is 42.5. The molecule has 134 heavy (non-hydrogen) atoms. The molecule has 6 heterocycles. The number of aromatic nitrogens is 6. The van der Waals surface area contributed by atoms with Gasteiger partial charge in [0.15, 0.2) is 114 Å². The van der Waals surface area contributed by atoms with Gasteiger partial charge in [0.1, 0.15) is 51.3 Å². The number of hydrogen-bond donors (Lipinski definition) is 14. The molecule has 0 spiro atoms. The van der Waals surface area contributed by atoms with E-state index in [9.17, 15) is 67.7 Å². The van der Waals surface area contributed by atoms with E-state index < -0.39 is 25.9 Å². The lowest BCUT2D eigenvalue weighted by Gasteiger charge is -2.10. The fraction of sp³-hybridized carbons (Fsp3) is 0.188. The molecule has 0 saturated carbocycles. The second-order valence-corrected chi connectivity index (χ2v) is 30.9. The highest BCUT2D eigenvalue weighted by molar-refractivity contribution is 6.59. The molecule has 14 N–H and O–H groups in total. The predicted molar refractivity (Wildman–Crippen MR) is 498 cm³/mol. The highest BCUT2D eigenvalue weighted by atomic mass is 19.1. The summed E-state index contributed by atoms with van der Waals surface area (Å²) in [7, 11) is -0.954. The van der Waals surface area contributed by atoms with Gasteiger partial charge >= 0.3 is 45.0 Å². The largest absolute Gasteiger partial charge is 0.569 e. The number of amides is 6. The summed E-state index contributed by atoms with van der Waals surface area (Å²) >= 11 is 0. The number of halogens is 2. The highest BCUT2D eigenvalue weighted by Crippen LogP contribution is 2.26. The minimum atomic E-state index is -1.78. The van der Waals surface area contributed by atoms with E-state index >= 15 is 0 Å². The average Bonchev–Trinajstić information content (AvgIpc) is 0.812.